The van der Waals surface area contributed by atoms with Gasteiger partial charge in [0, 0.05) is 23.1 Å². The number of ether oxygens (including phenoxy) is 2. The highest BCUT2D eigenvalue weighted by molar-refractivity contribution is 9.10. The molecular formula is C32H38BrN3O6S. The van der Waals surface area contributed by atoms with Crippen molar-refractivity contribution < 1.29 is 27.5 Å². The molecule has 0 heterocycles. The summed E-state index contributed by atoms with van der Waals surface area (Å²) in [5.41, 5.74) is 1.12. The lowest BCUT2D eigenvalue weighted by molar-refractivity contribution is -0.139. The molecule has 11 heteroatoms. The van der Waals surface area contributed by atoms with Gasteiger partial charge < -0.3 is 19.7 Å². The van der Waals surface area contributed by atoms with Gasteiger partial charge in [0.15, 0.2) is 11.5 Å². The fourth-order valence-electron chi connectivity index (χ4n) is 5.17. The first-order valence-corrected chi connectivity index (χ1v) is 16.5. The number of carbonyl (C=O) groups excluding carboxylic acids is 2. The monoisotopic (exact) mass is 671 g/mol. The molecule has 9 nitrogen and oxygen atoms in total. The lowest BCUT2D eigenvalue weighted by atomic mass is 9.95. The molecule has 0 aromatic heterocycles. The van der Waals surface area contributed by atoms with Crippen LogP contribution in [0, 0.1) is 0 Å². The minimum atomic E-state index is -4.24. The van der Waals surface area contributed by atoms with Crippen molar-refractivity contribution in [2.75, 3.05) is 25.1 Å². The molecule has 1 aliphatic carbocycles. The van der Waals surface area contributed by atoms with Crippen LogP contribution in [-0.4, -0.2) is 58.0 Å². The number of nitrogens with one attached hydrogen (secondary N) is 1. The van der Waals surface area contributed by atoms with Gasteiger partial charge in [0.2, 0.25) is 11.8 Å². The molecule has 1 saturated carbocycles. The van der Waals surface area contributed by atoms with Crippen LogP contribution in [0.5, 0.6) is 11.5 Å². The second-order valence-corrected chi connectivity index (χ2v) is 13.3. The van der Waals surface area contributed by atoms with Gasteiger partial charge in [0.25, 0.3) is 10.0 Å². The van der Waals surface area contributed by atoms with Crippen molar-refractivity contribution in [3.63, 3.8) is 0 Å². The van der Waals surface area contributed by atoms with Crippen LogP contribution in [0.4, 0.5) is 5.69 Å². The number of halogens is 1. The highest BCUT2D eigenvalue weighted by Crippen LogP contribution is 2.32. The van der Waals surface area contributed by atoms with Gasteiger partial charge in [0.1, 0.15) is 12.6 Å². The summed E-state index contributed by atoms with van der Waals surface area (Å²) in [6.45, 7) is 1.30. The Kier molecular flexibility index (Phi) is 11.1. The number of methoxy groups -OCH3 is 2. The van der Waals surface area contributed by atoms with Crippen LogP contribution >= 0.6 is 15.9 Å². The van der Waals surface area contributed by atoms with Crippen LogP contribution in [0.15, 0.2) is 82.2 Å². The van der Waals surface area contributed by atoms with Gasteiger partial charge >= 0.3 is 0 Å². The average Bonchev–Trinajstić information content (AvgIpc) is 3.03. The fourth-order valence-corrected chi connectivity index (χ4v) is 6.86. The summed E-state index contributed by atoms with van der Waals surface area (Å²) in [7, 11) is -1.36. The molecule has 4 rings (SSSR count). The van der Waals surface area contributed by atoms with Crippen LogP contribution in [0.2, 0.25) is 0 Å². The van der Waals surface area contributed by atoms with Gasteiger partial charge in [-0.1, -0.05) is 65.5 Å². The summed E-state index contributed by atoms with van der Waals surface area (Å²) in [4.78, 5) is 28.9. The normalized spacial score (nSPS) is 14.4. The van der Waals surface area contributed by atoms with E-state index in [1.54, 1.807) is 37.3 Å². The van der Waals surface area contributed by atoms with E-state index < -0.39 is 28.5 Å². The molecule has 0 saturated heterocycles. The number of hydrogen-bond acceptors (Lipinski definition) is 6. The average molecular weight is 673 g/mol. The van der Waals surface area contributed by atoms with E-state index in [0.717, 1.165) is 46.4 Å². The Bertz CT molecular complexity index is 1500. The Labute approximate surface area is 262 Å². The van der Waals surface area contributed by atoms with Gasteiger partial charge in [-0.25, -0.2) is 8.42 Å². The zero-order chi connectivity index (χ0) is 31.0. The zero-order valence-electron chi connectivity index (χ0n) is 24.7. The standard InChI is InChI=1S/C32H38BrN3O6S/c1-23(32(38)34-26-10-6-4-7-11-26)35(21-24-14-16-25(33)17-15-24)31(37)22-36(27-12-8-5-9-13-27)43(39,40)28-18-19-29(41-2)30(20-28)42-3/h5,8-9,12-20,23,26H,4,6-7,10-11,21-22H2,1-3H3,(H,34,38). The summed E-state index contributed by atoms with van der Waals surface area (Å²) in [5.74, 6) is -0.150. The number of benzene rings is 3. The van der Waals surface area contributed by atoms with Crippen molar-refractivity contribution >= 4 is 43.5 Å². The summed E-state index contributed by atoms with van der Waals surface area (Å²) < 4.78 is 40.8. The molecule has 0 radical (unpaired) electrons. The van der Waals surface area contributed by atoms with Crippen LogP contribution in [-0.2, 0) is 26.2 Å². The second kappa shape index (κ2) is 14.7. The first kappa shape index (κ1) is 32.3. The maximum atomic E-state index is 14.1. The molecule has 1 N–H and O–H groups in total. The molecule has 3 aromatic rings. The summed E-state index contributed by atoms with van der Waals surface area (Å²) in [5, 5.41) is 3.12. The van der Waals surface area contributed by atoms with Gasteiger partial charge in [-0.3, -0.25) is 13.9 Å². The Morgan fingerprint density at radius 1 is 0.930 bits per heavy atom. The largest absolute Gasteiger partial charge is 0.493 e. The van der Waals surface area contributed by atoms with Gasteiger partial charge in [0.05, 0.1) is 24.8 Å². The third-order valence-corrected chi connectivity index (χ3v) is 9.95. The molecule has 43 heavy (non-hydrogen) atoms. The van der Waals surface area contributed by atoms with Crippen LogP contribution < -0.4 is 19.1 Å². The first-order chi connectivity index (χ1) is 20.6. The summed E-state index contributed by atoms with van der Waals surface area (Å²) >= 11 is 3.44. The second-order valence-electron chi connectivity index (χ2n) is 10.5. The van der Waals surface area contributed by atoms with Crippen molar-refractivity contribution in [1.82, 2.24) is 10.2 Å². The number of hydrogen-bond donors (Lipinski definition) is 1. The number of nitrogens with zero attached hydrogens (tertiary/aromatic N) is 2. The third-order valence-electron chi connectivity index (χ3n) is 7.65. The topological polar surface area (TPSA) is 105 Å². The van der Waals surface area contributed by atoms with Crippen molar-refractivity contribution in [3.8, 4) is 11.5 Å². The highest BCUT2D eigenvalue weighted by Gasteiger charge is 2.33. The van der Waals surface area contributed by atoms with E-state index in [2.05, 4.69) is 21.2 Å². The minimum Gasteiger partial charge on any atom is -0.493 e. The predicted molar refractivity (Wildman–Crippen MR) is 170 cm³/mol. The Balaban J connectivity index is 1.68. The molecule has 0 bridgehead atoms. The Morgan fingerprint density at radius 3 is 2.21 bits per heavy atom. The smallest absolute Gasteiger partial charge is 0.264 e. The molecule has 230 valence electrons. The number of anilines is 1. The number of amides is 2. The quantitative estimate of drug-likeness (QED) is 0.272. The van der Waals surface area contributed by atoms with Gasteiger partial charge in [-0.05, 0) is 61.7 Å². The molecular weight excluding hydrogens is 634 g/mol. The zero-order valence-corrected chi connectivity index (χ0v) is 27.1. The summed E-state index contributed by atoms with van der Waals surface area (Å²) in [6.07, 6.45) is 5.08. The van der Waals surface area contributed by atoms with Crippen molar-refractivity contribution in [1.29, 1.82) is 0 Å². The van der Waals surface area contributed by atoms with E-state index in [9.17, 15) is 18.0 Å². The predicted octanol–water partition coefficient (Wildman–Crippen LogP) is 5.53. The maximum absolute atomic E-state index is 14.1. The lowest BCUT2D eigenvalue weighted by Crippen LogP contribution is -2.53. The number of rotatable bonds is 12. The Morgan fingerprint density at radius 2 is 1.58 bits per heavy atom. The van der Waals surface area contributed by atoms with Gasteiger partial charge in [-0.15, -0.1) is 0 Å². The van der Waals surface area contributed by atoms with Crippen LogP contribution in [0.3, 0.4) is 0 Å². The molecule has 1 aliphatic rings. The van der Waals surface area contributed by atoms with Crippen molar-refractivity contribution in [2.24, 2.45) is 0 Å². The first-order valence-electron chi connectivity index (χ1n) is 14.3. The van der Waals surface area contributed by atoms with E-state index >= 15 is 0 Å². The van der Waals surface area contributed by atoms with Crippen molar-refractivity contribution in [3.05, 3.63) is 82.8 Å². The van der Waals surface area contributed by atoms with E-state index in [1.165, 1.54) is 37.3 Å². The van der Waals surface area contributed by atoms with Crippen LogP contribution in [0.25, 0.3) is 0 Å². The van der Waals surface area contributed by atoms with Crippen LogP contribution in [0.1, 0.15) is 44.6 Å². The fraction of sp³-hybridized carbons (Fsp3) is 0.375. The van der Waals surface area contributed by atoms with E-state index in [1.807, 2.05) is 24.3 Å². The molecule has 0 spiro atoms. The van der Waals surface area contributed by atoms with E-state index in [0.29, 0.717) is 11.4 Å². The number of sulfonamides is 1. The highest BCUT2D eigenvalue weighted by atomic mass is 79.9. The van der Waals surface area contributed by atoms with E-state index in [4.69, 9.17) is 9.47 Å². The third kappa shape index (κ3) is 8.08. The molecule has 1 atom stereocenters. The minimum absolute atomic E-state index is 0.0654. The summed E-state index contributed by atoms with van der Waals surface area (Å²) in [6, 6.07) is 19.4. The Hall–Kier alpha value is -3.57. The molecule has 1 fully saturated rings. The molecule has 1 unspecified atom stereocenters. The molecule has 0 aliphatic heterocycles. The van der Waals surface area contributed by atoms with Crippen molar-refractivity contribution in [2.45, 2.75) is 62.6 Å². The SMILES string of the molecule is COc1ccc(S(=O)(=O)N(CC(=O)N(Cc2ccc(Br)cc2)C(C)C(=O)NC2CCCCC2)c2ccccc2)cc1OC. The lowest BCUT2D eigenvalue weighted by Gasteiger charge is -2.33. The van der Waals surface area contributed by atoms with Gasteiger partial charge in [-0.2, -0.15) is 0 Å². The van der Waals surface area contributed by atoms with E-state index in [-0.39, 0.29) is 29.1 Å². The number of carbonyl (C=O) groups is 2. The number of para-hydroxylation sites is 1. The maximum Gasteiger partial charge on any atom is 0.264 e. The molecule has 3 aromatic carbocycles. The molecule has 2 amide bonds.